The first-order valence-electron chi connectivity index (χ1n) is 10.3. The molecule has 1 aliphatic rings. The maximum Gasteiger partial charge on any atom is 0.325 e. The number of carbonyl (C=O) groups is 2. The van der Waals surface area contributed by atoms with E-state index in [1.165, 1.54) is 18.2 Å². The molecule has 1 saturated heterocycles. The highest BCUT2D eigenvalue weighted by Crippen LogP contribution is 2.32. The van der Waals surface area contributed by atoms with E-state index in [0.717, 1.165) is 10.5 Å². The average molecular weight is 449 g/mol. The molecule has 0 spiro atoms. The first kappa shape index (κ1) is 22.1. The summed E-state index contributed by atoms with van der Waals surface area (Å²) in [6.45, 7) is 7.73. The summed E-state index contributed by atoms with van der Waals surface area (Å²) in [5, 5.41) is 17.6. The van der Waals surface area contributed by atoms with Crippen molar-refractivity contribution < 1.29 is 19.0 Å². The summed E-state index contributed by atoms with van der Waals surface area (Å²) in [5.41, 5.74) is 0.795. The molecule has 170 valence electrons. The Morgan fingerprint density at radius 3 is 2.48 bits per heavy atom. The van der Waals surface area contributed by atoms with Crippen LogP contribution in [0.4, 0.5) is 10.5 Å². The van der Waals surface area contributed by atoms with Gasteiger partial charge < -0.3 is 9.84 Å². The summed E-state index contributed by atoms with van der Waals surface area (Å²) in [6, 6.07) is 12.8. The number of hydrogen-bond acceptors (Lipinski definition) is 7. The molecule has 1 aromatic heterocycles. The SMILES string of the molecule is CC(C)(C)c1ccc(C2(C)NC(=O)N(Cc3nc(-c4cccc([N+](=O)[O-])c4)no3)C2=O)cc1. The van der Waals surface area contributed by atoms with E-state index in [9.17, 15) is 19.7 Å². The van der Waals surface area contributed by atoms with Crippen LogP contribution in [0.1, 0.15) is 44.7 Å². The van der Waals surface area contributed by atoms with Crippen LogP contribution in [0.15, 0.2) is 53.1 Å². The third kappa shape index (κ3) is 4.07. The van der Waals surface area contributed by atoms with Gasteiger partial charge in [-0.3, -0.25) is 19.8 Å². The summed E-state index contributed by atoms with van der Waals surface area (Å²) >= 11 is 0. The van der Waals surface area contributed by atoms with Gasteiger partial charge in [0.25, 0.3) is 11.6 Å². The number of nitrogens with one attached hydrogen (secondary N) is 1. The lowest BCUT2D eigenvalue weighted by Crippen LogP contribution is -2.40. The minimum absolute atomic E-state index is 0.0346. The van der Waals surface area contributed by atoms with E-state index in [1.807, 2.05) is 24.3 Å². The van der Waals surface area contributed by atoms with Crippen molar-refractivity contribution in [1.82, 2.24) is 20.4 Å². The number of benzene rings is 2. The van der Waals surface area contributed by atoms with Crippen molar-refractivity contribution in [3.8, 4) is 11.4 Å². The standard InChI is InChI=1S/C23H23N5O5/c1-22(2,3)15-8-10-16(11-9-15)23(4)20(29)27(21(30)25-23)13-18-24-19(26-33-18)14-6-5-7-17(12-14)28(31)32/h5-12H,13H2,1-4H3,(H,25,30). The van der Waals surface area contributed by atoms with E-state index in [-0.39, 0.29) is 29.4 Å². The number of non-ortho nitro benzene ring substituents is 1. The number of aromatic nitrogens is 2. The molecule has 0 aliphatic carbocycles. The molecule has 3 aromatic rings. The number of hydrogen-bond donors (Lipinski definition) is 1. The largest absolute Gasteiger partial charge is 0.337 e. The molecule has 3 amide bonds. The van der Waals surface area contributed by atoms with Gasteiger partial charge in [-0.15, -0.1) is 0 Å². The summed E-state index contributed by atoms with van der Waals surface area (Å²) < 4.78 is 5.20. The van der Waals surface area contributed by atoms with Gasteiger partial charge in [-0.1, -0.05) is 62.3 Å². The van der Waals surface area contributed by atoms with Gasteiger partial charge >= 0.3 is 6.03 Å². The third-order valence-corrected chi connectivity index (χ3v) is 5.68. The molecule has 2 heterocycles. The van der Waals surface area contributed by atoms with E-state index in [4.69, 9.17) is 4.52 Å². The molecule has 2 aromatic carbocycles. The summed E-state index contributed by atoms with van der Waals surface area (Å²) in [7, 11) is 0. The van der Waals surface area contributed by atoms with Gasteiger partial charge in [0.15, 0.2) is 0 Å². The first-order valence-corrected chi connectivity index (χ1v) is 10.3. The molecule has 4 rings (SSSR count). The molecule has 33 heavy (non-hydrogen) atoms. The molecule has 1 atom stereocenters. The fourth-order valence-electron chi connectivity index (χ4n) is 3.67. The fourth-order valence-corrected chi connectivity index (χ4v) is 3.67. The van der Waals surface area contributed by atoms with Gasteiger partial charge in [0, 0.05) is 17.7 Å². The zero-order valence-corrected chi connectivity index (χ0v) is 18.7. The number of urea groups is 1. The van der Waals surface area contributed by atoms with Gasteiger partial charge in [0.05, 0.1) is 4.92 Å². The summed E-state index contributed by atoms with van der Waals surface area (Å²) in [4.78, 5) is 41.5. The van der Waals surface area contributed by atoms with Crippen LogP contribution in [0.5, 0.6) is 0 Å². The number of rotatable bonds is 5. The topological polar surface area (TPSA) is 131 Å². The second-order valence-corrected chi connectivity index (χ2v) is 9.09. The number of nitrogens with zero attached hydrogens (tertiary/aromatic N) is 4. The molecule has 10 nitrogen and oxygen atoms in total. The second-order valence-electron chi connectivity index (χ2n) is 9.09. The van der Waals surface area contributed by atoms with E-state index < -0.39 is 22.4 Å². The molecule has 0 saturated carbocycles. The lowest BCUT2D eigenvalue weighted by Gasteiger charge is -2.24. The molecule has 1 N–H and O–H groups in total. The lowest BCUT2D eigenvalue weighted by molar-refractivity contribution is -0.384. The van der Waals surface area contributed by atoms with Crippen LogP contribution in [0.25, 0.3) is 11.4 Å². The van der Waals surface area contributed by atoms with Crippen molar-refractivity contribution in [2.24, 2.45) is 0 Å². The van der Waals surface area contributed by atoms with Gasteiger partial charge in [0.2, 0.25) is 11.7 Å². The molecule has 1 fully saturated rings. The van der Waals surface area contributed by atoms with Crippen molar-refractivity contribution in [1.29, 1.82) is 0 Å². The molecule has 10 heteroatoms. The lowest BCUT2D eigenvalue weighted by atomic mass is 9.84. The number of nitro groups is 1. The predicted molar refractivity (Wildman–Crippen MR) is 118 cm³/mol. The Hall–Kier alpha value is -4.08. The van der Waals surface area contributed by atoms with Gasteiger partial charge in [-0.2, -0.15) is 4.98 Å². The van der Waals surface area contributed by atoms with Crippen molar-refractivity contribution in [3.05, 3.63) is 75.7 Å². The molecular weight excluding hydrogens is 426 g/mol. The van der Waals surface area contributed by atoms with Crippen molar-refractivity contribution in [2.75, 3.05) is 0 Å². The third-order valence-electron chi connectivity index (χ3n) is 5.68. The number of imide groups is 1. The maximum absolute atomic E-state index is 13.2. The van der Waals surface area contributed by atoms with Crippen LogP contribution in [-0.4, -0.2) is 31.9 Å². The molecular formula is C23H23N5O5. The Morgan fingerprint density at radius 2 is 1.85 bits per heavy atom. The highest BCUT2D eigenvalue weighted by molar-refractivity contribution is 6.07. The Kier molecular flexibility index (Phi) is 5.23. The minimum atomic E-state index is -1.23. The number of carbonyl (C=O) groups excluding carboxylic acids is 2. The molecule has 0 bridgehead atoms. The predicted octanol–water partition coefficient (Wildman–Crippen LogP) is 3.91. The van der Waals surface area contributed by atoms with E-state index in [1.54, 1.807) is 13.0 Å². The van der Waals surface area contributed by atoms with Crippen molar-refractivity contribution in [2.45, 2.75) is 45.2 Å². The summed E-state index contributed by atoms with van der Waals surface area (Å²) in [6.07, 6.45) is 0. The van der Waals surface area contributed by atoms with Crippen molar-refractivity contribution in [3.63, 3.8) is 0 Å². The normalized spacial score (nSPS) is 18.5. The van der Waals surface area contributed by atoms with E-state index >= 15 is 0 Å². The number of nitro benzene ring substituents is 1. The van der Waals surface area contributed by atoms with Crippen LogP contribution in [0, 0.1) is 10.1 Å². The Bertz CT molecular complexity index is 1240. The average Bonchev–Trinajstić information content (AvgIpc) is 3.32. The van der Waals surface area contributed by atoms with Crippen LogP contribution >= 0.6 is 0 Å². The van der Waals surface area contributed by atoms with E-state index in [2.05, 4.69) is 36.2 Å². The maximum atomic E-state index is 13.2. The van der Waals surface area contributed by atoms with Crippen molar-refractivity contribution >= 4 is 17.6 Å². The van der Waals surface area contributed by atoms with Crippen LogP contribution < -0.4 is 5.32 Å². The molecule has 1 unspecified atom stereocenters. The first-order chi connectivity index (χ1) is 15.5. The fraction of sp³-hybridized carbons (Fsp3) is 0.304. The Balaban J connectivity index is 1.54. The second kappa shape index (κ2) is 7.80. The monoisotopic (exact) mass is 449 g/mol. The highest BCUT2D eigenvalue weighted by atomic mass is 16.6. The quantitative estimate of drug-likeness (QED) is 0.355. The summed E-state index contributed by atoms with van der Waals surface area (Å²) in [5.74, 6) is -0.278. The van der Waals surface area contributed by atoms with E-state index in [0.29, 0.717) is 11.1 Å². The number of amides is 3. The van der Waals surface area contributed by atoms with Gasteiger partial charge in [0.1, 0.15) is 12.1 Å². The smallest absolute Gasteiger partial charge is 0.325 e. The Morgan fingerprint density at radius 1 is 1.15 bits per heavy atom. The highest BCUT2D eigenvalue weighted by Gasteiger charge is 2.49. The minimum Gasteiger partial charge on any atom is -0.337 e. The van der Waals surface area contributed by atoms with Gasteiger partial charge in [-0.25, -0.2) is 4.79 Å². The van der Waals surface area contributed by atoms with Crippen LogP contribution in [0.3, 0.4) is 0 Å². The zero-order valence-electron chi connectivity index (χ0n) is 18.7. The van der Waals surface area contributed by atoms with Gasteiger partial charge in [-0.05, 0) is 23.5 Å². The van der Waals surface area contributed by atoms with Crippen LogP contribution in [0.2, 0.25) is 0 Å². The molecule has 1 aliphatic heterocycles. The molecule has 0 radical (unpaired) electrons. The zero-order chi connectivity index (χ0) is 24.0. The van der Waals surface area contributed by atoms with Crippen LogP contribution in [-0.2, 0) is 22.3 Å². The Labute approximate surface area is 189 Å².